The van der Waals surface area contributed by atoms with Gasteiger partial charge in [0.1, 0.15) is 5.75 Å². The van der Waals surface area contributed by atoms with E-state index in [1.54, 1.807) is 6.92 Å². The van der Waals surface area contributed by atoms with Crippen molar-refractivity contribution in [1.82, 2.24) is 0 Å². The summed E-state index contributed by atoms with van der Waals surface area (Å²) >= 11 is 3.10. The summed E-state index contributed by atoms with van der Waals surface area (Å²) in [5.74, 6) is 0.114. The van der Waals surface area contributed by atoms with Gasteiger partial charge in [0.25, 0.3) is 0 Å². The molecule has 0 aliphatic rings. The Kier molecular flexibility index (Phi) is 4.61. The highest BCUT2D eigenvalue weighted by Gasteiger charge is 2.31. The summed E-state index contributed by atoms with van der Waals surface area (Å²) in [7, 11) is 0. The first-order valence-electron chi connectivity index (χ1n) is 4.52. The molecule has 0 heterocycles. The molecule has 0 saturated heterocycles. The second-order valence-corrected chi connectivity index (χ2v) is 3.75. The van der Waals surface area contributed by atoms with Crippen molar-refractivity contribution in [3.63, 3.8) is 0 Å². The van der Waals surface area contributed by atoms with Crippen molar-refractivity contribution in [3.8, 4) is 5.75 Å². The molecule has 0 radical (unpaired) electrons. The Labute approximate surface area is 99.5 Å². The third kappa shape index (κ3) is 3.68. The number of benzene rings is 1. The molecule has 0 aliphatic heterocycles. The summed E-state index contributed by atoms with van der Waals surface area (Å²) in [4.78, 5) is 0. The molecule has 0 saturated carbocycles. The first kappa shape index (κ1) is 13.3. The second kappa shape index (κ2) is 5.54. The molecule has 0 amide bonds. The summed E-state index contributed by atoms with van der Waals surface area (Å²) in [6, 6.07) is 3.21. The van der Waals surface area contributed by atoms with Crippen LogP contribution in [0.5, 0.6) is 5.75 Å². The molecule has 2 nitrogen and oxygen atoms in total. The molecule has 0 unspecified atom stereocenters. The zero-order valence-electron chi connectivity index (χ0n) is 8.47. The minimum Gasteiger partial charge on any atom is -0.466 e. The van der Waals surface area contributed by atoms with Crippen LogP contribution >= 0.6 is 15.9 Å². The third-order valence-corrected chi connectivity index (χ3v) is 2.42. The van der Waals surface area contributed by atoms with E-state index in [9.17, 15) is 13.2 Å². The molecular formula is C10H10BrF3O2. The minimum atomic E-state index is -4.37. The molecule has 0 fully saturated rings. The fourth-order valence-corrected chi connectivity index (χ4v) is 1.34. The number of ether oxygens (including phenoxy) is 2. The maximum absolute atomic E-state index is 12.4. The van der Waals surface area contributed by atoms with Gasteiger partial charge < -0.3 is 9.47 Å². The number of halogens is 4. The lowest BCUT2D eigenvalue weighted by Crippen LogP contribution is -2.07. The summed E-state index contributed by atoms with van der Waals surface area (Å²) in [5, 5.41) is 0. The minimum absolute atomic E-state index is 0.0730. The summed E-state index contributed by atoms with van der Waals surface area (Å²) in [6.45, 7) is 2.14. The van der Waals surface area contributed by atoms with Gasteiger partial charge >= 0.3 is 6.18 Å². The van der Waals surface area contributed by atoms with Crippen molar-refractivity contribution >= 4 is 15.9 Å². The maximum atomic E-state index is 12.4. The molecule has 90 valence electrons. The molecule has 0 atom stereocenters. The third-order valence-electron chi connectivity index (χ3n) is 1.76. The molecule has 0 N–H and O–H groups in total. The Morgan fingerprint density at radius 3 is 2.56 bits per heavy atom. The number of hydrogen-bond donors (Lipinski definition) is 0. The standard InChI is InChI=1S/C10H10BrF3O2/c1-2-15-6-16-9-5-7(10(12,13)14)3-4-8(9)11/h3-5H,2,6H2,1H3. The molecule has 0 bridgehead atoms. The van der Waals surface area contributed by atoms with Gasteiger partial charge in [0.05, 0.1) is 10.0 Å². The Morgan fingerprint density at radius 1 is 1.31 bits per heavy atom. The average Bonchev–Trinajstić information content (AvgIpc) is 2.19. The van der Waals surface area contributed by atoms with E-state index in [0.29, 0.717) is 11.1 Å². The van der Waals surface area contributed by atoms with E-state index in [1.165, 1.54) is 6.07 Å². The second-order valence-electron chi connectivity index (χ2n) is 2.90. The molecule has 1 rings (SSSR count). The highest BCUT2D eigenvalue weighted by atomic mass is 79.9. The van der Waals surface area contributed by atoms with Gasteiger partial charge in [-0.2, -0.15) is 13.2 Å². The van der Waals surface area contributed by atoms with Crippen molar-refractivity contribution in [2.24, 2.45) is 0 Å². The van der Waals surface area contributed by atoms with Crippen LogP contribution in [0.4, 0.5) is 13.2 Å². The van der Waals surface area contributed by atoms with E-state index in [0.717, 1.165) is 12.1 Å². The van der Waals surface area contributed by atoms with Crippen LogP contribution in [-0.2, 0) is 10.9 Å². The zero-order valence-corrected chi connectivity index (χ0v) is 10.1. The van der Waals surface area contributed by atoms with E-state index in [-0.39, 0.29) is 12.5 Å². The molecular weight excluding hydrogens is 289 g/mol. The van der Waals surface area contributed by atoms with E-state index in [2.05, 4.69) is 15.9 Å². The first-order chi connectivity index (χ1) is 7.45. The van der Waals surface area contributed by atoms with Gasteiger partial charge in [-0.1, -0.05) is 0 Å². The van der Waals surface area contributed by atoms with E-state index in [1.807, 2.05) is 0 Å². The molecule has 6 heteroatoms. The molecule has 16 heavy (non-hydrogen) atoms. The van der Waals surface area contributed by atoms with Crippen LogP contribution in [0, 0.1) is 0 Å². The van der Waals surface area contributed by atoms with Crippen molar-refractivity contribution in [2.45, 2.75) is 13.1 Å². The van der Waals surface area contributed by atoms with Crippen molar-refractivity contribution in [3.05, 3.63) is 28.2 Å². The Bertz CT molecular complexity index is 352. The van der Waals surface area contributed by atoms with Crippen LogP contribution in [0.25, 0.3) is 0 Å². The molecule has 1 aromatic rings. The highest BCUT2D eigenvalue weighted by molar-refractivity contribution is 9.10. The maximum Gasteiger partial charge on any atom is 0.416 e. The molecule has 0 spiro atoms. The van der Waals surface area contributed by atoms with Crippen LogP contribution in [0.3, 0.4) is 0 Å². The average molecular weight is 299 g/mol. The topological polar surface area (TPSA) is 18.5 Å². The quantitative estimate of drug-likeness (QED) is 0.621. The largest absolute Gasteiger partial charge is 0.466 e. The fourth-order valence-electron chi connectivity index (χ4n) is 0.979. The smallest absolute Gasteiger partial charge is 0.416 e. The molecule has 0 aromatic heterocycles. The van der Waals surface area contributed by atoms with Crippen LogP contribution in [-0.4, -0.2) is 13.4 Å². The Hall–Kier alpha value is -0.750. The van der Waals surface area contributed by atoms with Crippen molar-refractivity contribution in [1.29, 1.82) is 0 Å². The van der Waals surface area contributed by atoms with Gasteiger partial charge in [-0.3, -0.25) is 0 Å². The number of rotatable bonds is 4. The fraction of sp³-hybridized carbons (Fsp3) is 0.400. The zero-order chi connectivity index (χ0) is 12.2. The van der Waals surface area contributed by atoms with Gasteiger partial charge in [-0.15, -0.1) is 0 Å². The predicted octanol–water partition coefficient (Wildman–Crippen LogP) is 3.84. The molecule has 1 aromatic carbocycles. The van der Waals surface area contributed by atoms with Crippen LogP contribution < -0.4 is 4.74 Å². The van der Waals surface area contributed by atoms with Crippen LogP contribution in [0.2, 0.25) is 0 Å². The Morgan fingerprint density at radius 2 is 2.00 bits per heavy atom. The normalized spacial score (nSPS) is 11.6. The van der Waals surface area contributed by atoms with Crippen molar-refractivity contribution in [2.75, 3.05) is 13.4 Å². The number of hydrogen-bond acceptors (Lipinski definition) is 2. The van der Waals surface area contributed by atoms with E-state index >= 15 is 0 Å². The number of alkyl halides is 3. The van der Waals surface area contributed by atoms with Gasteiger partial charge in [0.2, 0.25) is 0 Å². The SMILES string of the molecule is CCOCOc1cc(C(F)(F)F)ccc1Br. The lowest BCUT2D eigenvalue weighted by Gasteiger charge is -2.11. The first-order valence-corrected chi connectivity index (χ1v) is 5.31. The van der Waals surface area contributed by atoms with Crippen molar-refractivity contribution < 1.29 is 22.6 Å². The lowest BCUT2D eigenvalue weighted by molar-refractivity contribution is -0.137. The lowest BCUT2D eigenvalue weighted by atomic mass is 10.2. The summed E-state index contributed by atoms with van der Waals surface area (Å²) in [6.07, 6.45) is -4.37. The van der Waals surface area contributed by atoms with Crippen LogP contribution in [0.1, 0.15) is 12.5 Å². The summed E-state index contributed by atoms with van der Waals surface area (Å²) in [5.41, 5.74) is -0.748. The van der Waals surface area contributed by atoms with Crippen LogP contribution in [0.15, 0.2) is 22.7 Å². The van der Waals surface area contributed by atoms with E-state index < -0.39 is 11.7 Å². The van der Waals surface area contributed by atoms with Gasteiger partial charge in [-0.05, 0) is 41.1 Å². The van der Waals surface area contributed by atoms with Gasteiger partial charge in [0.15, 0.2) is 6.79 Å². The van der Waals surface area contributed by atoms with Gasteiger partial charge in [0, 0.05) is 6.61 Å². The molecule has 0 aliphatic carbocycles. The summed E-state index contributed by atoms with van der Waals surface area (Å²) < 4.78 is 47.6. The predicted molar refractivity (Wildman–Crippen MR) is 56.3 cm³/mol. The van der Waals surface area contributed by atoms with E-state index in [4.69, 9.17) is 9.47 Å². The Balaban J connectivity index is 2.83. The highest BCUT2D eigenvalue weighted by Crippen LogP contribution is 2.34. The monoisotopic (exact) mass is 298 g/mol. The van der Waals surface area contributed by atoms with Gasteiger partial charge in [-0.25, -0.2) is 0 Å².